The number of aliphatic hydroxyl groups is 1. The second kappa shape index (κ2) is 81.1. The summed E-state index contributed by atoms with van der Waals surface area (Å²) in [6.07, 6.45) is 76.8. The maximum atomic E-state index is 13.1. The molecule has 3 N–H and O–H groups in total. The van der Waals surface area contributed by atoms with Gasteiger partial charge >= 0.3 is 39.5 Å². The Morgan fingerprint density at radius 1 is 0.226 bits per heavy atom. The number of hydrogen-bond acceptors (Lipinski definition) is 15. The third kappa shape index (κ3) is 80.1. The largest absolute Gasteiger partial charge is 0.472 e. The predicted octanol–water partition coefficient (Wildman–Crippen LogP) is 26.9. The molecule has 106 heavy (non-hydrogen) atoms. The summed E-state index contributed by atoms with van der Waals surface area (Å²) >= 11 is 0. The van der Waals surface area contributed by atoms with E-state index in [0.29, 0.717) is 25.7 Å². The minimum Gasteiger partial charge on any atom is -0.462 e. The number of carbonyl (C=O) groups excluding carboxylic acids is 4. The minimum absolute atomic E-state index is 0.109. The summed E-state index contributed by atoms with van der Waals surface area (Å²) in [5, 5.41) is 10.7. The van der Waals surface area contributed by atoms with E-state index >= 15 is 0 Å². The Kier molecular flexibility index (Phi) is 79.6. The van der Waals surface area contributed by atoms with E-state index in [2.05, 4.69) is 27.7 Å². The van der Waals surface area contributed by atoms with Gasteiger partial charge in [-0.25, -0.2) is 9.13 Å². The summed E-state index contributed by atoms with van der Waals surface area (Å²) in [6.45, 7) is 5.02. The highest BCUT2D eigenvalue weighted by Crippen LogP contribution is 2.45. The molecule has 0 saturated carbocycles. The number of phosphoric ester groups is 2. The van der Waals surface area contributed by atoms with Gasteiger partial charge in [-0.15, -0.1) is 0 Å². The van der Waals surface area contributed by atoms with Gasteiger partial charge in [0.05, 0.1) is 26.4 Å². The molecule has 19 heteroatoms. The number of carbonyl (C=O) groups is 4. The fourth-order valence-electron chi connectivity index (χ4n) is 13.7. The van der Waals surface area contributed by atoms with Crippen LogP contribution < -0.4 is 0 Å². The topological polar surface area (TPSA) is 237 Å². The van der Waals surface area contributed by atoms with Gasteiger partial charge in [0.1, 0.15) is 19.3 Å². The zero-order chi connectivity index (χ0) is 77.4. The van der Waals surface area contributed by atoms with Crippen molar-refractivity contribution in [3.05, 3.63) is 0 Å². The highest BCUT2D eigenvalue weighted by molar-refractivity contribution is 7.47. The van der Waals surface area contributed by atoms with E-state index in [1.807, 2.05) is 0 Å². The highest BCUT2D eigenvalue weighted by atomic mass is 31.2. The first-order valence-corrected chi connectivity index (χ1v) is 48.3. The SMILES string of the molecule is CCCCCCCCCCCCCCCCCCCCCCCCC(=O)O[C@H](COC(=O)CCCCCCCCCCCCCCCCCCCCCC)COP(=O)(O)OC[C@@H](O)COP(=O)(O)OC[C@@H](COC(=O)CCCCCCCCC)OC(=O)CCCCCCCCCCCCCCCCCCC. The second-order valence-corrected chi connectivity index (χ2v) is 34.2. The molecule has 17 nitrogen and oxygen atoms in total. The van der Waals surface area contributed by atoms with Crippen LogP contribution in [0.25, 0.3) is 0 Å². The number of unbranched alkanes of at least 4 members (excludes halogenated alkanes) is 62. The maximum absolute atomic E-state index is 13.1. The molecule has 0 radical (unpaired) electrons. The molecule has 630 valence electrons. The van der Waals surface area contributed by atoms with Gasteiger partial charge in [-0.3, -0.25) is 37.3 Å². The molecule has 2 unspecified atom stereocenters. The molecule has 0 saturated heterocycles. The van der Waals surface area contributed by atoms with Crippen LogP contribution in [-0.2, 0) is 65.4 Å². The summed E-state index contributed by atoms with van der Waals surface area (Å²) in [5.41, 5.74) is 0. The molecular weight excluding hydrogens is 1380 g/mol. The molecule has 0 aliphatic rings. The number of ether oxygens (including phenoxy) is 4. The molecule has 0 aromatic carbocycles. The lowest BCUT2D eigenvalue weighted by atomic mass is 10.0. The summed E-state index contributed by atoms with van der Waals surface area (Å²) in [7, 11) is -9.92. The number of phosphoric acid groups is 2. The van der Waals surface area contributed by atoms with Gasteiger partial charge < -0.3 is 33.8 Å². The summed E-state index contributed by atoms with van der Waals surface area (Å²) in [5.74, 6) is -2.10. The number of hydrogen-bond donors (Lipinski definition) is 3. The molecule has 0 bridgehead atoms. The van der Waals surface area contributed by atoms with Gasteiger partial charge in [0.15, 0.2) is 12.2 Å². The van der Waals surface area contributed by atoms with Gasteiger partial charge in [-0.05, 0) is 25.7 Å². The molecule has 0 aliphatic heterocycles. The van der Waals surface area contributed by atoms with Crippen LogP contribution in [-0.4, -0.2) is 96.7 Å². The van der Waals surface area contributed by atoms with Crippen LogP contribution in [0.3, 0.4) is 0 Å². The molecule has 0 aromatic rings. The first kappa shape index (κ1) is 104. The molecule has 0 amide bonds. The third-order valence-corrected chi connectivity index (χ3v) is 22.5. The van der Waals surface area contributed by atoms with Crippen molar-refractivity contribution < 1.29 is 80.2 Å². The van der Waals surface area contributed by atoms with E-state index in [-0.39, 0.29) is 25.7 Å². The fraction of sp³-hybridized carbons (Fsp3) is 0.954. The van der Waals surface area contributed by atoms with Crippen molar-refractivity contribution in [1.29, 1.82) is 0 Å². The summed E-state index contributed by atoms with van der Waals surface area (Å²) in [4.78, 5) is 73.1. The first-order chi connectivity index (χ1) is 51.7. The normalized spacial score (nSPS) is 13.7. The van der Waals surface area contributed by atoms with Crippen molar-refractivity contribution >= 4 is 39.5 Å². The van der Waals surface area contributed by atoms with Crippen molar-refractivity contribution in [2.24, 2.45) is 0 Å². The van der Waals surface area contributed by atoms with E-state index in [4.69, 9.17) is 37.0 Å². The van der Waals surface area contributed by atoms with Crippen LogP contribution in [0.15, 0.2) is 0 Å². The Balaban J connectivity index is 5.15. The van der Waals surface area contributed by atoms with Crippen molar-refractivity contribution in [3.8, 4) is 0 Å². The molecule has 0 heterocycles. The number of esters is 4. The lowest BCUT2D eigenvalue weighted by Crippen LogP contribution is -2.30. The van der Waals surface area contributed by atoms with E-state index < -0.39 is 97.5 Å². The van der Waals surface area contributed by atoms with Crippen LogP contribution in [0.4, 0.5) is 0 Å². The standard InChI is InChI=1S/C87H170O17P2/c1-5-9-13-17-21-24-27-30-33-36-38-40-41-43-46-49-52-55-58-62-66-70-74-87(92)104-83(78-98-85(90)72-68-64-60-56-53-50-47-45-42-39-37-34-31-28-25-22-18-14-10-6-2)80-102-106(95,96)100-76-81(88)75-99-105(93,94)101-79-82(77-97-84(89)71-67-63-59-20-16-12-8-4)103-86(91)73-69-65-61-57-54-51-48-44-35-32-29-26-23-19-15-11-7-3/h81-83,88H,5-80H2,1-4H3,(H,93,94)(H,95,96)/t81-,82+,83+/m0/s1. The Labute approximate surface area is 651 Å². The van der Waals surface area contributed by atoms with E-state index in [1.54, 1.807) is 0 Å². The molecule has 5 atom stereocenters. The third-order valence-electron chi connectivity index (χ3n) is 20.6. The van der Waals surface area contributed by atoms with Crippen LogP contribution in [0, 0.1) is 0 Å². The van der Waals surface area contributed by atoms with Gasteiger partial charge in [0, 0.05) is 25.7 Å². The Morgan fingerprint density at radius 3 is 0.557 bits per heavy atom. The molecular formula is C87H170O17P2. The molecule has 0 aliphatic carbocycles. The Bertz CT molecular complexity index is 2000. The lowest BCUT2D eigenvalue weighted by Gasteiger charge is -2.21. The first-order valence-electron chi connectivity index (χ1n) is 45.3. The smallest absolute Gasteiger partial charge is 0.462 e. The van der Waals surface area contributed by atoms with E-state index in [1.165, 1.54) is 295 Å². The predicted molar refractivity (Wildman–Crippen MR) is 437 cm³/mol. The van der Waals surface area contributed by atoms with Gasteiger partial charge in [0.25, 0.3) is 0 Å². The average Bonchev–Trinajstić information content (AvgIpc) is 0.904. The molecule has 0 spiro atoms. The maximum Gasteiger partial charge on any atom is 0.472 e. The van der Waals surface area contributed by atoms with Crippen LogP contribution in [0.1, 0.15) is 477 Å². The van der Waals surface area contributed by atoms with Crippen molar-refractivity contribution in [1.82, 2.24) is 0 Å². The van der Waals surface area contributed by atoms with Gasteiger partial charge in [-0.1, -0.05) is 426 Å². The zero-order valence-corrected chi connectivity index (χ0v) is 71.2. The number of rotatable bonds is 88. The monoisotopic (exact) mass is 1550 g/mol. The van der Waals surface area contributed by atoms with Crippen molar-refractivity contribution in [2.45, 2.75) is 495 Å². The molecule has 0 aromatic heterocycles. The van der Waals surface area contributed by atoms with Crippen LogP contribution in [0.2, 0.25) is 0 Å². The average molecular weight is 1550 g/mol. The summed E-state index contributed by atoms with van der Waals surface area (Å²) < 4.78 is 68.8. The van der Waals surface area contributed by atoms with Crippen molar-refractivity contribution in [2.75, 3.05) is 39.6 Å². The Morgan fingerprint density at radius 2 is 0.377 bits per heavy atom. The zero-order valence-electron chi connectivity index (χ0n) is 69.4. The number of aliphatic hydroxyl groups excluding tert-OH is 1. The highest BCUT2D eigenvalue weighted by Gasteiger charge is 2.30. The van der Waals surface area contributed by atoms with Crippen molar-refractivity contribution in [3.63, 3.8) is 0 Å². The van der Waals surface area contributed by atoms with E-state index in [9.17, 15) is 43.2 Å². The lowest BCUT2D eigenvalue weighted by molar-refractivity contribution is -0.161. The van der Waals surface area contributed by atoms with Gasteiger partial charge in [-0.2, -0.15) is 0 Å². The van der Waals surface area contributed by atoms with Crippen LogP contribution >= 0.6 is 15.6 Å². The summed E-state index contributed by atoms with van der Waals surface area (Å²) in [6, 6.07) is 0. The van der Waals surface area contributed by atoms with E-state index in [0.717, 1.165) is 103 Å². The molecule has 0 rings (SSSR count). The Hall–Kier alpha value is -1.94. The fourth-order valence-corrected chi connectivity index (χ4v) is 15.3. The van der Waals surface area contributed by atoms with Gasteiger partial charge in [0.2, 0.25) is 0 Å². The second-order valence-electron chi connectivity index (χ2n) is 31.3. The molecule has 0 fully saturated rings. The van der Waals surface area contributed by atoms with Crippen LogP contribution in [0.5, 0.6) is 0 Å². The minimum atomic E-state index is -4.96. The quantitative estimate of drug-likeness (QED) is 0.0222.